The lowest BCUT2D eigenvalue weighted by atomic mass is 10.1. The number of fused-ring (bicyclic) bond motifs is 1. The quantitative estimate of drug-likeness (QED) is 0.681. The third kappa shape index (κ3) is 4.79. The molecule has 1 amide bonds. The summed E-state index contributed by atoms with van der Waals surface area (Å²) >= 11 is 6.41. The maximum absolute atomic E-state index is 11.8. The summed E-state index contributed by atoms with van der Waals surface area (Å²) in [6, 6.07) is 7.79. The van der Waals surface area contributed by atoms with Gasteiger partial charge in [0.1, 0.15) is 11.9 Å². The molecule has 26 heavy (non-hydrogen) atoms. The highest BCUT2D eigenvalue weighted by molar-refractivity contribution is 6.32. The van der Waals surface area contributed by atoms with Gasteiger partial charge in [-0.3, -0.25) is 0 Å². The first kappa shape index (κ1) is 18.3. The largest absolute Gasteiger partial charge is 0.444 e. The smallest absolute Gasteiger partial charge is 0.407 e. The van der Waals surface area contributed by atoms with Crippen LogP contribution in [0.5, 0.6) is 0 Å². The van der Waals surface area contributed by atoms with Gasteiger partial charge in [0.05, 0.1) is 12.2 Å². The highest BCUT2D eigenvalue weighted by atomic mass is 35.5. The van der Waals surface area contributed by atoms with Crippen molar-refractivity contribution in [3.8, 4) is 0 Å². The molecule has 0 atom stereocenters. The van der Waals surface area contributed by atoms with Gasteiger partial charge in [0, 0.05) is 27.7 Å². The fourth-order valence-electron chi connectivity index (χ4n) is 2.66. The Kier molecular flexibility index (Phi) is 5.23. The second-order valence-electron chi connectivity index (χ2n) is 7.17. The first-order valence-electron chi connectivity index (χ1n) is 8.46. The van der Waals surface area contributed by atoms with Gasteiger partial charge in [-0.05, 0) is 57.4 Å². The first-order chi connectivity index (χ1) is 12.3. The number of aromatic amines is 1. The number of alkyl carbamates (subject to hydrolysis) is 1. The standard InChI is InChI=1S/C19H22ClN3O3/c1-19(2,3)26-18(24)21-11-15-8-13-9-16(20)12(10-17(13)22-15)4-5-14-6-7-25-23-14/h6-10,22H,4-5,11H2,1-3H3,(H,21,24). The van der Waals surface area contributed by atoms with Gasteiger partial charge in [0.25, 0.3) is 0 Å². The molecule has 6 nitrogen and oxygen atoms in total. The SMILES string of the molecule is CC(C)(C)OC(=O)NCc1cc2cc(Cl)c(CCc3ccon3)cc2[nH]1. The Balaban J connectivity index is 1.67. The Bertz CT molecular complexity index is 895. The number of amides is 1. The molecule has 0 saturated carbocycles. The van der Waals surface area contributed by atoms with E-state index in [1.165, 1.54) is 0 Å². The highest BCUT2D eigenvalue weighted by Gasteiger charge is 2.16. The Labute approximate surface area is 156 Å². The van der Waals surface area contributed by atoms with Crippen LogP contribution in [0.3, 0.4) is 0 Å². The molecule has 0 aliphatic heterocycles. The molecule has 0 aliphatic carbocycles. The van der Waals surface area contributed by atoms with Gasteiger partial charge in [0.15, 0.2) is 0 Å². The van der Waals surface area contributed by atoms with Crippen molar-refractivity contribution in [1.29, 1.82) is 0 Å². The number of rotatable bonds is 5. The van der Waals surface area contributed by atoms with Crippen LogP contribution in [0.2, 0.25) is 5.02 Å². The minimum atomic E-state index is -0.517. The first-order valence-corrected chi connectivity index (χ1v) is 8.84. The van der Waals surface area contributed by atoms with Crippen molar-refractivity contribution in [2.24, 2.45) is 0 Å². The van der Waals surface area contributed by atoms with Crippen molar-refractivity contribution in [2.75, 3.05) is 0 Å². The Morgan fingerprint density at radius 3 is 2.81 bits per heavy atom. The van der Waals surface area contributed by atoms with E-state index in [1.807, 2.05) is 45.0 Å². The van der Waals surface area contributed by atoms with Crippen LogP contribution >= 0.6 is 11.6 Å². The minimum absolute atomic E-state index is 0.357. The van der Waals surface area contributed by atoms with E-state index >= 15 is 0 Å². The molecule has 0 fully saturated rings. The molecule has 3 aromatic rings. The summed E-state index contributed by atoms with van der Waals surface area (Å²) in [6.45, 7) is 5.85. The number of nitrogens with one attached hydrogen (secondary N) is 2. The maximum atomic E-state index is 11.8. The van der Waals surface area contributed by atoms with Crippen LogP contribution in [0.25, 0.3) is 10.9 Å². The number of halogens is 1. The predicted octanol–water partition coefficient (Wildman–Crippen LogP) is 4.62. The molecule has 2 N–H and O–H groups in total. The number of ether oxygens (including phenoxy) is 1. The number of benzene rings is 1. The van der Waals surface area contributed by atoms with Gasteiger partial charge in [-0.2, -0.15) is 0 Å². The van der Waals surface area contributed by atoms with Crippen LogP contribution in [0, 0.1) is 0 Å². The Hall–Kier alpha value is -2.47. The van der Waals surface area contributed by atoms with E-state index < -0.39 is 11.7 Å². The summed E-state index contributed by atoms with van der Waals surface area (Å²) in [5.74, 6) is 0. The van der Waals surface area contributed by atoms with Gasteiger partial charge in [-0.25, -0.2) is 4.79 Å². The molecule has 2 heterocycles. The summed E-state index contributed by atoms with van der Waals surface area (Å²) in [5, 5.41) is 8.38. The van der Waals surface area contributed by atoms with Crippen LogP contribution in [-0.4, -0.2) is 21.8 Å². The van der Waals surface area contributed by atoms with Crippen LogP contribution in [0.15, 0.2) is 35.1 Å². The van der Waals surface area contributed by atoms with Crippen molar-refractivity contribution in [3.05, 3.63) is 52.5 Å². The second-order valence-corrected chi connectivity index (χ2v) is 7.58. The molecule has 0 unspecified atom stereocenters. The van der Waals surface area contributed by atoms with Crippen molar-refractivity contribution >= 4 is 28.6 Å². The van der Waals surface area contributed by atoms with E-state index in [4.69, 9.17) is 20.9 Å². The number of carbonyl (C=O) groups excluding carboxylic acids is 1. The van der Waals surface area contributed by atoms with Crippen molar-refractivity contribution < 1.29 is 14.1 Å². The summed E-state index contributed by atoms with van der Waals surface area (Å²) in [5.41, 5.74) is 3.28. The summed E-state index contributed by atoms with van der Waals surface area (Å²) in [7, 11) is 0. The van der Waals surface area contributed by atoms with Crippen molar-refractivity contribution in [2.45, 2.75) is 45.8 Å². The fourth-order valence-corrected chi connectivity index (χ4v) is 2.92. The number of hydrogen-bond acceptors (Lipinski definition) is 4. The van der Waals surface area contributed by atoms with E-state index in [-0.39, 0.29) is 0 Å². The average molecular weight is 376 g/mol. The third-order valence-electron chi connectivity index (χ3n) is 3.81. The number of aromatic nitrogens is 2. The fraction of sp³-hybridized carbons (Fsp3) is 0.368. The van der Waals surface area contributed by atoms with Gasteiger partial charge >= 0.3 is 6.09 Å². The van der Waals surface area contributed by atoms with Crippen LogP contribution in [0.1, 0.15) is 37.7 Å². The average Bonchev–Trinajstić information content (AvgIpc) is 3.18. The molecule has 0 bridgehead atoms. The zero-order valence-corrected chi connectivity index (χ0v) is 15.8. The predicted molar refractivity (Wildman–Crippen MR) is 100 cm³/mol. The van der Waals surface area contributed by atoms with E-state index in [0.717, 1.165) is 40.7 Å². The van der Waals surface area contributed by atoms with Crippen molar-refractivity contribution in [1.82, 2.24) is 15.5 Å². The lowest BCUT2D eigenvalue weighted by Gasteiger charge is -2.19. The third-order valence-corrected chi connectivity index (χ3v) is 4.16. The Morgan fingerprint density at radius 1 is 1.31 bits per heavy atom. The number of nitrogens with zero attached hydrogens (tertiary/aromatic N) is 1. The summed E-state index contributed by atoms with van der Waals surface area (Å²) < 4.78 is 10.1. The second kappa shape index (κ2) is 7.41. The monoisotopic (exact) mass is 375 g/mol. The summed E-state index contributed by atoms with van der Waals surface area (Å²) in [6.07, 6.45) is 2.65. The van der Waals surface area contributed by atoms with E-state index in [2.05, 4.69) is 15.5 Å². The number of carbonyl (C=O) groups is 1. The molecular weight excluding hydrogens is 354 g/mol. The molecule has 3 rings (SSSR count). The van der Waals surface area contributed by atoms with Gasteiger partial charge < -0.3 is 19.6 Å². The molecular formula is C19H22ClN3O3. The molecule has 0 radical (unpaired) electrons. The Morgan fingerprint density at radius 2 is 2.12 bits per heavy atom. The molecule has 138 valence electrons. The number of H-pyrrole nitrogens is 1. The summed E-state index contributed by atoms with van der Waals surface area (Å²) in [4.78, 5) is 15.1. The van der Waals surface area contributed by atoms with Crippen molar-refractivity contribution in [3.63, 3.8) is 0 Å². The number of hydrogen-bond donors (Lipinski definition) is 2. The van der Waals surface area contributed by atoms with Crippen LogP contribution in [-0.2, 0) is 24.1 Å². The lowest BCUT2D eigenvalue weighted by molar-refractivity contribution is 0.0523. The molecule has 7 heteroatoms. The normalized spacial score (nSPS) is 11.7. The van der Waals surface area contributed by atoms with E-state index in [1.54, 1.807) is 6.26 Å². The van der Waals surface area contributed by atoms with Gasteiger partial charge in [-0.15, -0.1) is 0 Å². The van der Waals surface area contributed by atoms with E-state index in [9.17, 15) is 4.79 Å². The van der Waals surface area contributed by atoms with E-state index in [0.29, 0.717) is 11.6 Å². The molecule has 0 spiro atoms. The van der Waals surface area contributed by atoms with Crippen LogP contribution in [0.4, 0.5) is 4.79 Å². The molecule has 0 aliphatic rings. The van der Waals surface area contributed by atoms with Gasteiger partial charge in [-0.1, -0.05) is 16.8 Å². The number of aryl methyl sites for hydroxylation is 2. The zero-order chi connectivity index (χ0) is 18.7. The highest BCUT2D eigenvalue weighted by Crippen LogP contribution is 2.26. The minimum Gasteiger partial charge on any atom is -0.444 e. The van der Waals surface area contributed by atoms with Crippen LogP contribution < -0.4 is 5.32 Å². The molecule has 1 aromatic carbocycles. The van der Waals surface area contributed by atoms with Gasteiger partial charge in [0.2, 0.25) is 0 Å². The maximum Gasteiger partial charge on any atom is 0.407 e. The lowest BCUT2D eigenvalue weighted by Crippen LogP contribution is -2.32. The molecule has 0 saturated heterocycles. The molecule has 2 aromatic heterocycles. The zero-order valence-electron chi connectivity index (χ0n) is 15.1. The topological polar surface area (TPSA) is 80.2 Å².